The van der Waals surface area contributed by atoms with E-state index in [2.05, 4.69) is 10.1 Å². The van der Waals surface area contributed by atoms with Crippen LogP contribution in [0.3, 0.4) is 0 Å². The summed E-state index contributed by atoms with van der Waals surface area (Å²) in [5.41, 5.74) is -0.996. The Morgan fingerprint density at radius 1 is 1.38 bits per heavy atom. The van der Waals surface area contributed by atoms with Crippen LogP contribution in [0.4, 0.5) is 17.6 Å². The smallest absolute Gasteiger partial charge is 0.387 e. The van der Waals surface area contributed by atoms with Crippen molar-refractivity contribution in [1.29, 1.82) is 0 Å². The quantitative estimate of drug-likeness (QED) is 0.761. The number of rotatable bonds is 7. The molecular weight excluding hydrogens is 294 g/mol. The molecule has 2 N–H and O–H groups in total. The van der Waals surface area contributed by atoms with E-state index in [4.69, 9.17) is 5.11 Å². The van der Waals surface area contributed by atoms with Crippen molar-refractivity contribution in [2.24, 2.45) is 0 Å². The number of benzene rings is 1. The zero-order valence-electron chi connectivity index (χ0n) is 11.2. The van der Waals surface area contributed by atoms with Crippen molar-refractivity contribution in [3.05, 3.63) is 29.3 Å². The minimum absolute atomic E-state index is 0.207. The molecule has 21 heavy (non-hydrogen) atoms. The molecule has 118 valence electrons. The average molecular weight is 309 g/mol. The summed E-state index contributed by atoms with van der Waals surface area (Å²) in [4.78, 5) is 11.9. The van der Waals surface area contributed by atoms with Crippen molar-refractivity contribution in [3.63, 3.8) is 0 Å². The Morgan fingerprint density at radius 3 is 2.57 bits per heavy atom. The molecule has 1 aromatic carbocycles. The fraction of sp³-hybridized carbons (Fsp3) is 0.462. The maximum Gasteiger partial charge on any atom is 0.387 e. The van der Waals surface area contributed by atoms with Crippen LogP contribution in [0.2, 0.25) is 0 Å². The molecular formula is C13H15F4NO3. The van der Waals surface area contributed by atoms with Gasteiger partial charge in [-0.05, 0) is 25.0 Å². The Hall–Kier alpha value is -1.83. The lowest BCUT2D eigenvalue weighted by Gasteiger charge is -2.17. The zero-order chi connectivity index (χ0) is 16.0. The van der Waals surface area contributed by atoms with Crippen LogP contribution in [0.1, 0.15) is 30.1 Å². The molecule has 0 aromatic heterocycles. The Balaban J connectivity index is 3.02. The molecule has 1 rings (SSSR count). The molecule has 1 unspecified atom stereocenters. The molecule has 1 amide bonds. The molecule has 0 aliphatic heterocycles. The van der Waals surface area contributed by atoms with E-state index in [9.17, 15) is 22.4 Å². The predicted molar refractivity (Wildman–Crippen MR) is 66.2 cm³/mol. The van der Waals surface area contributed by atoms with E-state index in [1.54, 1.807) is 6.92 Å². The number of hydrogen-bond donors (Lipinski definition) is 2. The second-order valence-corrected chi connectivity index (χ2v) is 4.20. The monoisotopic (exact) mass is 309 g/mol. The first-order valence-corrected chi connectivity index (χ1v) is 6.25. The van der Waals surface area contributed by atoms with Crippen LogP contribution in [-0.4, -0.2) is 30.3 Å². The van der Waals surface area contributed by atoms with Gasteiger partial charge in [-0.25, -0.2) is 8.78 Å². The SMILES string of the molecule is CCC(CCO)NC(=O)c1c(F)ccc(OC(F)F)c1F. The lowest BCUT2D eigenvalue weighted by Crippen LogP contribution is -2.36. The summed E-state index contributed by atoms with van der Waals surface area (Å²) in [5.74, 6) is -4.69. The fourth-order valence-electron chi connectivity index (χ4n) is 1.72. The highest BCUT2D eigenvalue weighted by atomic mass is 19.3. The van der Waals surface area contributed by atoms with E-state index in [0.717, 1.165) is 0 Å². The minimum Gasteiger partial charge on any atom is -0.432 e. The molecule has 0 aliphatic carbocycles. The summed E-state index contributed by atoms with van der Waals surface area (Å²) < 4.78 is 55.5. The van der Waals surface area contributed by atoms with Gasteiger partial charge in [0.25, 0.3) is 5.91 Å². The molecule has 0 saturated carbocycles. The number of carbonyl (C=O) groups is 1. The van der Waals surface area contributed by atoms with Crippen LogP contribution in [0.5, 0.6) is 5.75 Å². The summed E-state index contributed by atoms with van der Waals surface area (Å²) in [6.45, 7) is -1.79. The summed E-state index contributed by atoms with van der Waals surface area (Å²) in [6.07, 6.45) is 0.640. The van der Waals surface area contributed by atoms with E-state index in [-0.39, 0.29) is 13.0 Å². The van der Waals surface area contributed by atoms with Gasteiger partial charge >= 0.3 is 6.61 Å². The number of carbonyl (C=O) groups excluding carboxylic acids is 1. The largest absolute Gasteiger partial charge is 0.432 e. The lowest BCUT2D eigenvalue weighted by molar-refractivity contribution is -0.0523. The van der Waals surface area contributed by atoms with E-state index in [0.29, 0.717) is 18.6 Å². The van der Waals surface area contributed by atoms with E-state index in [1.165, 1.54) is 0 Å². The van der Waals surface area contributed by atoms with Crippen molar-refractivity contribution < 1.29 is 32.2 Å². The first kappa shape index (κ1) is 17.2. The Labute approximate surface area is 118 Å². The highest BCUT2D eigenvalue weighted by Gasteiger charge is 2.24. The second-order valence-electron chi connectivity index (χ2n) is 4.20. The number of nitrogens with one attached hydrogen (secondary N) is 1. The number of amides is 1. The standard InChI is InChI=1S/C13H15F4NO3/c1-2-7(5-6-19)18-12(20)10-8(14)3-4-9(11(10)15)21-13(16)17/h3-4,7,13,19H,2,5-6H2,1H3,(H,18,20). The van der Waals surface area contributed by atoms with Gasteiger partial charge in [-0.1, -0.05) is 6.92 Å². The summed E-state index contributed by atoms with van der Waals surface area (Å²) in [6, 6.07) is 0.863. The number of aliphatic hydroxyl groups excluding tert-OH is 1. The Morgan fingerprint density at radius 2 is 2.05 bits per heavy atom. The number of halogens is 4. The molecule has 0 heterocycles. The van der Waals surface area contributed by atoms with Gasteiger partial charge in [0.15, 0.2) is 11.6 Å². The molecule has 0 radical (unpaired) electrons. The maximum absolute atomic E-state index is 13.9. The molecule has 0 fully saturated rings. The van der Waals surface area contributed by atoms with Crippen molar-refractivity contribution in [3.8, 4) is 5.75 Å². The zero-order valence-corrected chi connectivity index (χ0v) is 11.2. The lowest BCUT2D eigenvalue weighted by atomic mass is 10.1. The molecule has 4 nitrogen and oxygen atoms in total. The van der Waals surface area contributed by atoms with Crippen molar-refractivity contribution in [2.75, 3.05) is 6.61 Å². The molecule has 1 atom stereocenters. The van der Waals surface area contributed by atoms with E-state index >= 15 is 0 Å². The number of aliphatic hydroxyl groups is 1. The Kier molecular flexibility index (Phi) is 6.41. The fourth-order valence-corrected chi connectivity index (χ4v) is 1.72. The highest BCUT2D eigenvalue weighted by molar-refractivity contribution is 5.95. The van der Waals surface area contributed by atoms with Crippen LogP contribution in [0.15, 0.2) is 12.1 Å². The highest BCUT2D eigenvalue weighted by Crippen LogP contribution is 2.25. The normalized spacial score (nSPS) is 12.3. The predicted octanol–water partition coefficient (Wildman–Crippen LogP) is 2.46. The number of alkyl halides is 2. The van der Waals surface area contributed by atoms with Gasteiger partial charge in [0, 0.05) is 12.6 Å². The van der Waals surface area contributed by atoms with Gasteiger partial charge < -0.3 is 15.2 Å². The van der Waals surface area contributed by atoms with Crippen molar-refractivity contribution >= 4 is 5.91 Å². The summed E-state index contributed by atoms with van der Waals surface area (Å²) >= 11 is 0. The third kappa shape index (κ3) is 4.59. The summed E-state index contributed by atoms with van der Waals surface area (Å²) in [5, 5.41) is 11.1. The van der Waals surface area contributed by atoms with Gasteiger partial charge in [0.1, 0.15) is 11.4 Å². The van der Waals surface area contributed by atoms with E-state index < -0.39 is 41.5 Å². The number of hydrogen-bond acceptors (Lipinski definition) is 3. The number of ether oxygens (including phenoxy) is 1. The van der Waals surface area contributed by atoms with Gasteiger partial charge in [0.05, 0.1) is 0 Å². The second kappa shape index (κ2) is 7.82. The van der Waals surface area contributed by atoms with Gasteiger partial charge in [-0.15, -0.1) is 0 Å². The van der Waals surface area contributed by atoms with Crippen LogP contribution in [0.25, 0.3) is 0 Å². The van der Waals surface area contributed by atoms with Gasteiger partial charge in [0.2, 0.25) is 0 Å². The average Bonchev–Trinajstić information content (AvgIpc) is 2.41. The van der Waals surface area contributed by atoms with Crippen molar-refractivity contribution in [2.45, 2.75) is 32.4 Å². The van der Waals surface area contributed by atoms with E-state index in [1.807, 2.05) is 0 Å². The van der Waals surface area contributed by atoms with Crippen LogP contribution < -0.4 is 10.1 Å². The molecule has 8 heteroatoms. The van der Waals surface area contributed by atoms with Crippen molar-refractivity contribution in [1.82, 2.24) is 5.32 Å². The third-order valence-corrected chi connectivity index (χ3v) is 2.80. The van der Waals surface area contributed by atoms with Gasteiger partial charge in [-0.2, -0.15) is 8.78 Å². The van der Waals surface area contributed by atoms with Crippen LogP contribution in [0, 0.1) is 11.6 Å². The molecule has 0 saturated heterocycles. The van der Waals surface area contributed by atoms with Crippen LogP contribution in [-0.2, 0) is 0 Å². The van der Waals surface area contributed by atoms with Gasteiger partial charge in [-0.3, -0.25) is 4.79 Å². The summed E-state index contributed by atoms with van der Waals surface area (Å²) in [7, 11) is 0. The Bertz CT molecular complexity index is 497. The van der Waals surface area contributed by atoms with Crippen LogP contribution >= 0.6 is 0 Å². The third-order valence-electron chi connectivity index (χ3n) is 2.80. The molecule has 0 bridgehead atoms. The topological polar surface area (TPSA) is 58.6 Å². The first-order chi connectivity index (χ1) is 9.90. The molecule has 0 aliphatic rings. The maximum atomic E-state index is 13.9. The minimum atomic E-state index is -3.29. The molecule has 1 aromatic rings. The molecule has 0 spiro atoms. The first-order valence-electron chi connectivity index (χ1n) is 6.25.